The molecule has 1 atom stereocenters. The number of rotatable bonds is 5. The summed E-state index contributed by atoms with van der Waals surface area (Å²) in [5, 5.41) is 2.88. The molecule has 2 aliphatic rings. The standard InChI is InChI=1S/C25H24N4O5S/c1-16-9-11-20(21(14-16)33-2)34-23-12-10-17(15-26-23)27-25(30)19-7-5-13-29(19)24-18-6-3-4-8-22(18)35(31,32)28-24/h3-4,6,8-12,14-15,19H,5,7,13H2,1-2H3,(H,27,30)/t19-/m0/s1. The van der Waals surface area contributed by atoms with Crippen molar-refractivity contribution in [3.05, 3.63) is 71.9 Å². The van der Waals surface area contributed by atoms with Gasteiger partial charge in [-0.3, -0.25) is 4.79 Å². The summed E-state index contributed by atoms with van der Waals surface area (Å²) in [6.07, 6.45) is 2.86. The molecule has 0 unspecified atom stereocenters. The van der Waals surface area contributed by atoms with Crippen LogP contribution >= 0.6 is 0 Å². The van der Waals surface area contributed by atoms with Crippen LogP contribution in [0.2, 0.25) is 0 Å². The molecule has 3 heterocycles. The third-order valence-electron chi connectivity index (χ3n) is 5.98. The van der Waals surface area contributed by atoms with E-state index < -0.39 is 16.1 Å². The summed E-state index contributed by atoms with van der Waals surface area (Å²) in [5.41, 5.74) is 2.08. The van der Waals surface area contributed by atoms with E-state index in [0.717, 1.165) is 12.0 Å². The van der Waals surface area contributed by atoms with Gasteiger partial charge in [0.05, 0.1) is 19.0 Å². The minimum absolute atomic E-state index is 0.172. The Kier molecular flexibility index (Phi) is 5.89. The van der Waals surface area contributed by atoms with Gasteiger partial charge in [0.2, 0.25) is 11.8 Å². The summed E-state index contributed by atoms with van der Waals surface area (Å²) in [6, 6.07) is 15.1. The largest absolute Gasteiger partial charge is 0.493 e. The minimum atomic E-state index is -3.76. The van der Waals surface area contributed by atoms with Crippen LogP contribution in [0.25, 0.3) is 0 Å². The maximum Gasteiger partial charge on any atom is 0.285 e. The smallest absolute Gasteiger partial charge is 0.285 e. The molecule has 1 saturated heterocycles. The molecular formula is C25H24N4O5S. The molecule has 1 N–H and O–H groups in total. The van der Waals surface area contributed by atoms with Gasteiger partial charge in [-0.2, -0.15) is 8.42 Å². The number of nitrogens with one attached hydrogen (secondary N) is 1. The van der Waals surface area contributed by atoms with Gasteiger partial charge in [-0.25, -0.2) is 4.98 Å². The van der Waals surface area contributed by atoms with Gasteiger partial charge in [0, 0.05) is 18.2 Å². The Morgan fingerprint density at radius 2 is 1.94 bits per heavy atom. The number of nitrogens with zero attached hydrogens (tertiary/aromatic N) is 3. The van der Waals surface area contributed by atoms with Gasteiger partial charge in [-0.1, -0.05) is 18.2 Å². The molecule has 0 aliphatic carbocycles. The number of amidine groups is 1. The lowest BCUT2D eigenvalue weighted by atomic mass is 10.1. The fraction of sp³-hybridized carbons (Fsp3) is 0.240. The van der Waals surface area contributed by atoms with Gasteiger partial charge >= 0.3 is 0 Å². The number of carbonyl (C=O) groups excluding carboxylic acids is 1. The molecule has 5 rings (SSSR count). The van der Waals surface area contributed by atoms with Crippen LogP contribution in [0.3, 0.4) is 0 Å². The first-order valence-electron chi connectivity index (χ1n) is 11.2. The average Bonchev–Trinajstić information content (AvgIpc) is 3.44. The van der Waals surface area contributed by atoms with Crippen molar-refractivity contribution in [3.63, 3.8) is 0 Å². The zero-order valence-electron chi connectivity index (χ0n) is 19.3. The van der Waals surface area contributed by atoms with E-state index in [2.05, 4.69) is 14.7 Å². The summed E-state index contributed by atoms with van der Waals surface area (Å²) in [5.74, 6) is 1.57. The van der Waals surface area contributed by atoms with Gasteiger partial charge in [-0.15, -0.1) is 4.40 Å². The van der Waals surface area contributed by atoms with Gasteiger partial charge in [0.1, 0.15) is 10.9 Å². The van der Waals surface area contributed by atoms with Crippen LogP contribution in [0.5, 0.6) is 17.4 Å². The van der Waals surface area contributed by atoms with E-state index in [-0.39, 0.29) is 10.8 Å². The number of hydrogen-bond donors (Lipinski definition) is 1. The summed E-state index contributed by atoms with van der Waals surface area (Å²) in [4.78, 5) is 19.3. The molecule has 35 heavy (non-hydrogen) atoms. The second-order valence-corrected chi connectivity index (χ2v) is 9.94. The lowest BCUT2D eigenvalue weighted by molar-refractivity contribution is -0.119. The summed E-state index contributed by atoms with van der Waals surface area (Å²) in [6.45, 7) is 2.51. The monoisotopic (exact) mass is 492 g/mol. The molecule has 10 heteroatoms. The Balaban J connectivity index is 1.29. The number of fused-ring (bicyclic) bond motifs is 1. The number of anilines is 1. The minimum Gasteiger partial charge on any atom is -0.493 e. The summed E-state index contributed by atoms with van der Waals surface area (Å²) in [7, 11) is -2.18. The maximum atomic E-state index is 13.1. The number of amides is 1. The van der Waals surface area contributed by atoms with Crippen molar-refractivity contribution in [1.29, 1.82) is 0 Å². The highest BCUT2D eigenvalue weighted by atomic mass is 32.2. The van der Waals surface area contributed by atoms with Crippen LogP contribution in [-0.2, 0) is 14.8 Å². The number of pyridine rings is 1. The number of ether oxygens (including phenoxy) is 2. The van der Waals surface area contributed by atoms with E-state index in [1.165, 1.54) is 12.3 Å². The van der Waals surface area contributed by atoms with E-state index in [1.54, 1.807) is 42.3 Å². The van der Waals surface area contributed by atoms with Crippen LogP contribution in [0.1, 0.15) is 24.0 Å². The van der Waals surface area contributed by atoms with E-state index >= 15 is 0 Å². The Hall–Kier alpha value is -3.92. The number of benzene rings is 2. The summed E-state index contributed by atoms with van der Waals surface area (Å²) >= 11 is 0. The van der Waals surface area contributed by atoms with Crippen LogP contribution in [0, 0.1) is 6.92 Å². The van der Waals surface area contributed by atoms with Crippen LogP contribution < -0.4 is 14.8 Å². The van der Waals surface area contributed by atoms with E-state index in [0.29, 0.717) is 47.4 Å². The van der Waals surface area contributed by atoms with Crippen molar-refractivity contribution in [2.45, 2.75) is 30.7 Å². The van der Waals surface area contributed by atoms with Crippen molar-refractivity contribution in [2.24, 2.45) is 4.40 Å². The molecule has 180 valence electrons. The first-order valence-corrected chi connectivity index (χ1v) is 12.6. The van der Waals surface area contributed by atoms with Crippen molar-refractivity contribution in [2.75, 3.05) is 19.0 Å². The topological polar surface area (TPSA) is 110 Å². The van der Waals surface area contributed by atoms with Crippen LogP contribution in [-0.4, -0.2) is 49.7 Å². The number of methoxy groups -OCH3 is 1. The van der Waals surface area contributed by atoms with E-state index in [4.69, 9.17) is 9.47 Å². The number of likely N-dealkylation sites (tertiary alicyclic amines) is 1. The molecule has 0 spiro atoms. The van der Waals surface area contributed by atoms with E-state index in [9.17, 15) is 13.2 Å². The van der Waals surface area contributed by atoms with Gasteiger partial charge < -0.3 is 19.7 Å². The third kappa shape index (κ3) is 4.44. The third-order valence-corrected chi connectivity index (χ3v) is 7.30. The lowest BCUT2D eigenvalue weighted by Gasteiger charge is -2.25. The van der Waals surface area contributed by atoms with E-state index in [1.807, 2.05) is 25.1 Å². The fourth-order valence-corrected chi connectivity index (χ4v) is 5.52. The second-order valence-electron chi connectivity index (χ2n) is 8.37. The molecule has 1 amide bonds. The Morgan fingerprint density at radius 1 is 1.11 bits per heavy atom. The highest BCUT2D eigenvalue weighted by molar-refractivity contribution is 7.90. The highest BCUT2D eigenvalue weighted by Crippen LogP contribution is 2.33. The molecule has 0 saturated carbocycles. The Morgan fingerprint density at radius 3 is 2.71 bits per heavy atom. The molecular weight excluding hydrogens is 468 g/mol. The molecule has 1 fully saturated rings. The average molecular weight is 493 g/mol. The van der Waals surface area contributed by atoms with Crippen LogP contribution in [0.4, 0.5) is 5.69 Å². The molecule has 0 radical (unpaired) electrons. The predicted molar refractivity (Wildman–Crippen MR) is 131 cm³/mol. The molecule has 2 aliphatic heterocycles. The zero-order valence-corrected chi connectivity index (χ0v) is 20.1. The van der Waals surface area contributed by atoms with Crippen molar-refractivity contribution in [1.82, 2.24) is 9.88 Å². The van der Waals surface area contributed by atoms with Crippen molar-refractivity contribution < 1.29 is 22.7 Å². The molecule has 3 aromatic rings. The normalized spacial score (nSPS) is 18.1. The first-order chi connectivity index (χ1) is 16.9. The maximum absolute atomic E-state index is 13.1. The van der Waals surface area contributed by atoms with Gasteiger partial charge in [0.25, 0.3) is 10.0 Å². The quantitative estimate of drug-likeness (QED) is 0.578. The molecule has 1 aromatic heterocycles. The van der Waals surface area contributed by atoms with Gasteiger partial charge in [0.15, 0.2) is 17.3 Å². The highest BCUT2D eigenvalue weighted by Gasteiger charge is 2.39. The zero-order chi connectivity index (χ0) is 24.6. The number of sulfonamides is 1. The second kappa shape index (κ2) is 9.03. The number of aryl methyl sites for hydroxylation is 1. The number of aromatic nitrogens is 1. The SMILES string of the molecule is COc1cc(C)ccc1Oc1ccc(NC(=O)[C@@H]2CCCN2C2=NS(=O)(=O)c3ccccc32)cn1. The summed E-state index contributed by atoms with van der Waals surface area (Å²) < 4.78 is 40.1. The predicted octanol–water partition coefficient (Wildman–Crippen LogP) is 3.74. The fourth-order valence-electron chi connectivity index (χ4n) is 4.30. The molecule has 2 aromatic carbocycles. The molecule has 9 nitrogen and oxygen atoms in total. The lowest BCUT2D eigenvalue weighted by Crippen LogP contribution is -2.43. The molecule has 0 bridgehead atoms. The number of carbonyl (C=O) groups is 1. The first kappa shape index (κ1) is 22.9. The van der Waals surface area contributed by atoms with Crippen LogP contribution in [0.15, 0.2) is 70.1 Å². The Bertz CT molecular complexity index is 1420. The van der Waals surface area contributed by atoms with Crippen molar-refractivity contribution in [3.8, 4) is 17.4 Å². The Labute approximate surface area is 203 Å². The van der Waals surface area contributed by atoms with Crippen molar-refractivity contribution >= 4 is 27.5 Å². The number of hydrogen-bond acceptors (Lipinski definition) is 7. The van der Waals surface area contributed by atoms with Gasteiger partial charge in [-0.05, 0) is 55.7 Å².